The molecule has 3 aromatic rings. The summed E-state index contributed by atoms with van der Waals surface area (Å²) in [5, 5.41) is 1.17. The Balaban J connectivity index is 2.30. The number of nitrogens with one attached hydrogen (secondary N) is 1. The number of aromatic amines is 1. The quantitative estimate of drug-likeness (QED) is 0.652. The van der Waals surface area contributed by atoms with E-state index in [4.69, 9.17) is 28.9 Å². The molecule has 0 saturated carbocycles. The highest BCUT2D eigenvalue weighted by Crippen LogP contribution is 2.32. The van der Waals surface area contributed by atoms with E-state index >= 15 is 0 Å². The molecule has 0 radical (unpaired) electrons. The predicted molar refractivity (Wildman–Crippen MR) is 80.7 cm³/mol. The fraction of sp³-hybridized carbons (Fsp3) is 0.0714. The highest BCUT2D eigenvalue weighted by molar-refractivity contribution is 6.39. The summed E-state index contributed by atoms with van der Waals surface area (Å²) >= 11 is 12.3. The normalized spacial score (nSPS) is 11.1. The molecule has 5 heteroatoms. The summed E-state index contributed by atoms with van der Waals surface area (Å²) in [4.78, 5) is 7.72. The molecule has 19 heavy (non-hydrogen) atoms. The molecule has 2 aromatic carbocycles. The van der Waals surface area contributed by atoms with E-state index in [2.05, 4.69) is 9.97 Å². The Labute approximate surface area is 120 Å². The van der Waals surface area contributed by atoms with Crippen LogP contribution in [0.25, 0.3) is 22.4 Å². The summed E-state index contributed by atoms with van der Waals surface area (Å²) < 4.78 is 0. The van der Waals surface area contributed by atoms with Crippen molar-refractivity contribution < 1.29 is 0 Å². The van der Waals surface area contributed by atoms with E-state index in [0.717, 1.165) is 28.2 Å². The Morgan fingerprint density at radius 1 is 1.11 bits per heavy atom. The van der Waals surface area contributed by atoms with Gasteiger partial charge in [0.15, 0.2) is 0 Å². The summed E-state index contributed by atoms with van der Waals surface area (Å²) in [7, 11) is 0. The van der Waals surface area contributed by atoms with Gasteiger partial charge in [-0.05, 0) is 30.7 Å². The van der Waals surface area contributed by atoms with Gasteiger partial charge in [0.2, 0.25) is 0 Å². The van der Waals surface area contributed by atoms with Crippen molar-refractivity contribution in [1.29, 1.82) is 0 Å². The van der Waals surface area contributed by atoms with Crippen LogP contribution in [-0.4, -0.2) is 9.97 Å². The average Bonchev–Trinajstić information content (AvgIpc) is 2.83. The zero-order chi connectivity index (χ0) is 13.6. The highest BCUT2D eigenvalue weighted by atomic mass is 35.5. The molecule has 0 aliphatic heterocycles. The number of hydrogen-bond acceptors (Lipinski definition) is 2. The number of nitrogen functional groups attached to an aromatic ring is 1. The number of rotatable bonds is 1. The summed E-state index contributed by atoms with van der Waals surface area (Å²) in [5.74, 6) is 0.717. The van der Waals surface area contributed by atoms with Gasteiger partial charge in [-0.25, -0.2) is 4.98 Å². The molecule has 0 unspecified atom stereocenters. The Kier molecular flexibility index (Phi) is 2.88. The lowest BCUT2D eigenvalue weighted by molar-refractivity contribution is 1.31. The fourth-order valence-electron chi connectivity index (χ4n) is 2.07. The molecule has 1 aromatic heterocycles. The monoisotopic (exact) mass is 291 g/mol. The molecule has 0 spiro atoms. The van der Waals surface area contributed by atoms with E-state index in [-0.39, 0.29) is 0 Å². The topological polar surface area (TPSA) is 54.7 Å². The van der Waals surface area contributed by atoms with Crippen molar-refractivity contribution in [1.82, 2.24) is 9.97 Å². The molecule has 1 heterocycles. The first-order chi connectivity index (χ1) is 9.08. The minimum atomic E-state index is 0.573. The summed E-state index contributed by atoms with van der Waals surface area (Å²) in [5.41, 5.74) is 9.99. The standard InChI is InChI=1S/C14H11Cl2N3/c1-7-8(3-2-4-11(7)17)14-18-12-9(15)5-6-10(16)13(12)19-14/h2-6H,17H2,1H3,(H,18,19). The molecule has 0 fully saturated rings. The number of hydrogen-bond donors (Lipinski definition) is 2. The smallest absolute Gasteiger partial charge is 0.138 e. The molecular weight excluding hydrogens is 281 g/mol. The largest absolute Gasteiger partial charge is 0.398 e. The van der Waals surface area contributed by atoms with Crippen LogP contribution in [0.1, 0.15) is 5.56 Å². The second-order valence-corrected chi connectivity index (χ2v) is 5.17. The van der Waals surface area contributed by atoms with Gasteiger partial charge in [-0.2, -0.15) is 0 Å². The molecule has 0 amide bonds. The second-order valence-electron chi connectivity index (χ2n) is 4.36. The molecule has 0 aliphatic rings. The van der Waals surface area contributed by atoms with Crippen molar-refractivity contribution in [3.63, 3.8) is 0 Å². The van der Waals surface area contributed by atoms with E-state index in [0.29, 0.717) is 15.6 Å². The number of halogens is 2. The van der Waals surface area contributed by atoms with Gasteiger partial charge in [-0.3, -0.25) is 0 Å². The van der Waals surface area contributed by atoms with Crippen molar-refractivity contribution in [2.75, 3.05) is 5.73 Å². The molecule has 3 nitrogen and oxygen atoms in total. The molecule has 0 atom stereocenters. The number of fused-ring (bicyclic) bond motifs is 1. The van der Waals surface area contributed by atoms with Crippen LogP contribution in [0.4, 0.5) is 5.69 Å². The van der Waals surface area contributed by atoms with Crippen LogP contribution in [0.3, 0.4) is 0 Å². The van der Waals surface area contributed by atoms with Gasteiger partial charge >= 0.3 is 0 Å². The number of H-pyrrole nitrogens is 1. The van der Waals surface area contributed by atoms with Gasteiger partial charge in [0.1, 0.15) is 11.3 Å². The maximum absolute atomic E-state index is 6.15. The third kappa shape index (κ3) is 1.95. The van der Waals surface area contributed by atoms with E-state index in [9.17, 15) is 0 Å². The maximum atomic E-state index is 6.15. The van der Waals surface area contributed by atoms with Crippen LogP contribution in [0.5, 0.6) is 0 Å². The number of nitrogens with two attached hydrogens (primary N) is 1. The molecule has 0 bridgehead atoms. The first kappa shape index (κ1) is 12.3. The van der Waals surface area contributed by atoms with Crippen molar-refractivity contribution in [2.24, 2.45) is 0 Å². The first-order valence-corrected chi connectivity index (χ1v) is 6.52. The van der Waals surface area contributed by atoms with Crippen molar-refractivity contribution in [2.45, 2.75) is 6.92 Å². The van der Waals surface area contributed by atoms with E-state index < -0.39 is 0 Å². The van der Waals surface area contributed by atoms with Crippen LogP contribution in [0, 0.1) is 6.92 Å². The highest BCUT2D eigenvalue weighted by Gasteiger charge is 2.13. The second kappa shape index (κ2) is 4.44. The van der Waals surface area contributed by atoms with Crippen LogP contribution in [0.2, 0.25) is 10.0 Å². The van der Waals surface area contributed by atoms with Gasteiger partial charge in [0, 0.05) is 11.3 Å². The van der Waals surface area contributed by atoms with E-state index in [1.54, 1.807) is 12.1 Å². The lowest BCUT2D eigenvalue weighted by Crippen LogP contribution is -1.92. The first-order valence-electron chi connectivity index (χ1n) is 5.77. The number of benzene rings is 2. The number of nitrogens with zero attached hydrogens (tertiary/aromatic N) is 1. The SMILES string of the molecule is Cc1c(N)cccc1-c1nc2c(Cl)ccc(Cl)c2[nH]1. The predicted octanol–water partition coefficient (Wildman–Crippen LogP) is 4.43. The van der Waals surface area contributed by atoms with E-state index in [1.807, 2.05) is 25.1 Å². The zero-order valence-corrected chi connectivity index (χ0v) is 11.7. The summed E-state index contributed by atoms with van der Waals surface area (Å²) in [6.45, 7) is 1.96. The molecule has 3 N–H and O–H groups in total. The minimum Gasteiger partial charge on any atom is -0.398 e. The Hall–Kier alpha value is -1.71. The minimum absolute atomic E-state index is 0.573. The maximum Gasteiger partial charge on any atom is 0.138 e. The van der Waals surface area contributed by atoms with Gasteiger partial charge in [0.05, 0.1) is 15.6 Å². The van der Waals surface area contributed by atoms with Crippen LogP contribution < -0.4 is 5.73 Å². The number of aromatic nitrogens is 2. The molecule has 3 rings (SSSR count). The zero-order valence-electron chi connectivity index (χ0n) is 10.2. The Morgan fingerprint density at radius 3 is 2.58 bits per heavy atom. The third-order valence-corrected chi connectivity index (χ3v) is 3.80. The molecular formula is C14H11Cl2N3. The van der Waals surface area contributed by atoms with Crippen molar-refractivity contribution >= 4 is 39.9 Å². The lowest BCUT2D eigenvalue weighted by atomic mass is 10.1. The van der Waals surface area contributed by atoms with Gasteiger partial charge in [0.25, 0.3) is 0 Å². The van der Waals surface area contributed by atoms with Gasteiger partial charge in [-0.15, -0.1) is 0 Å². The van der Waals surface area contributed by atoms with Gasteiger partial charge < -0.3 is 10.7 Å². The average molecular weight is 292 g/mol. The molecule has 96 valence electrons. The summed E-state index contributed by atoms with van der Waals surface area (Å²) in [6.07, 6.45) is 0. The number of anilines is 1. The lowest BCUT2D eigenvalue weighted by Gasteiger charge is -2.04. The van der Waals surface area contributed by atoms with Crippen LogP contribution in [-0.2, 0) is 0 Å². The molecule has 0 saturated heterocycles. The fourth-order valence-corrected chi connectivity index (χ4v) is 2.46. The number of imidazole rings is 1. The van der Waals surface area contributed by atoms with Gasteiger partial charge in [-0.1, -0.05) is 35.3 Å². The Morgan fingerprint density at radius 2 is 1.84 bits per heavy atom. The van der Waals surface area contributed by atoms with Crippen LogP contribution >= 0.6 is 23.2 Å². The van der Waals surface area contributed by atoms with Crippen molar-refractivity contribution in [3.8, 4) is 11.4 Å². The molecule has 0 aliphatic carbocycles. The van der Waals surface area contributed by atoms with Crippen molar-refractivity contribution in [3.05, 3.63) is 45.9 Å². The van der Waals surface area contributed by atoms with E-state index in [1.165, 1.54) is 0 Å². The van der Waals surface area contributed by atoms with Crippen LogP contribution in [0.15, 0.2) is 30.3 Å². The summed E-state index contributed by atoms with van der Waals surface area (Å²) in [6, 6.07) is 9.21. The third-order valence-electron chi connectivity index (χ3n) is 3.18. The Bertz CT molecular complexity index is 739.